The number of hydrogen-bond acceptors (Lipinski definition) is 9. The van der Waals surface area contributed by atoms with Gasteiger partial charge in [0.2, 0.25) is 0 Å². The van der Waals surface area contributed by atoms with Crippen LogP contribution in [0.25, 0.3) is 11.1 Å². The van der Waals surface area contributed by atoms with E-state index in [-0.39, 0.29) is 0 Å². The minimum absolute atomic E-state index is 0.291. The van der Waals surface area contributed by atoms with Crippen molar-refractivity contribution in [3.05, 3.63) is 66.4 Å². The normalized spacial score (nSPS) is 14.0. The topological polar surface area (TPSA) is 115 Å². The fraction of sp³-hybridized carbons (Fsp3) is 0.273. The number of aliphatic hydroxyl groups excluding tert-OH is 1. The van der Waals surface area contributed by atoms with Crippen LogP contribution in [0.1, 0.15) is 11.3 Å². The van der Waals surface area contributed by atoms with Crippen LogP contribution in [0.5, 0.6) is 0 Å². The molecule has 2 aromatic heterocycles. The van der Waals surface area contributed by atoms with Gasteiger partial charge < -0.3 is 15.7 Å². The minimum Gasteiger partial charge on any atom is -0.400 e. The van der Waals surface area contributed by atoms with Gasteiger partial charge in [0.25, 0.3) is 0 Å². The fourth-order valence-electron chi connectivity index (χ4n) is 3.38. The highest BCUT2D eigenvalue weighted by Crippen LogP contribution is 2.25. The lowest BCUT2D eigenvalue weighted by Crippen LogP contribution is -2.43. The van der Waals surface area contributed by atoms with E-state index >= 15 is 0 Å². The van der Waals surface area contributed by atoms with E-state index in [1.807, 2.05) is 36.4 Å². The van der Waals surface area contributed by atoms with E-state index in [1.54, 1.807) is 24.3 Å². The van der Waals surface area contributed by atoms with E-state index < -0.39 is 0 Å². The van der Waals surface area contributed by atoms with Crippen molar-refractivity contribution in [2.45, 2.75) is 0 Å². The van der Waals surface area contributed by atoms with Crippen molar-refractivity contribution >= 4 is 29.2 Å². The first kappa shape index (κ1) is 22.7. The zero-order valence-corrected chi connectivity index (χ0v) is 18.5. The smallest absolute Gasteiger partial charge is 0.132 e. The highest BCUT2D eigenvalue weighted by Gasteiger charge is 2.19. The van der Waals surface area contributed by atoms with Gasteiger partial charge in [0.15, 0.2) is 0 Å². The Morgan fingerprint density at radius 2 is 1.84 bits per heavy atom. The number of benzene rings is 1. The van der Waals surface area contributed by atoms with Crippen LogP contribution in [0.2, 0.25) is 0 Å². The lowest BCUT2D eigenvalue weighted by atomic mass is 9.99. The molecule has 162 valence electrons. The Hall–Kier alpha value is -3.01. The molecule has 8 nitrogen and oxygen atoms in total. The summed E-state index contributed by atoms with van der Waals surface area (Å²) in [5.41, 5.74) is 10.2. The van der Waals surface area contributed by atoms with Crippen LogP contribution < -0.4 is 10.6 Å². The highest BCUT2D eigenvalue weighted by atomic mass is 32.2. The number of hydrogen-bond donors (Lipinski definition) is 3. The lowest BCUT2D eigenvalue weighted by molar-refractivity contribution is 0.399. The van der Waals surface area contributed by atoms with Gasteiger partial charge in [-0.1, -0.05) is 24.1 Å². The number of pyridine rings is 1. The summed E-state index contributed by atoms with van der Waals surface area (Å²) in [5.74, 6) is 0.850. The maximum Gasteiger partial charge on any atom is 0.132 e. The van der Waals surface area contributed by atoms with Crippen LogP contribution in [0.3, 0.4) is 0 Å². The van der Waals surface area contributed by atoms with Crippen molar-refractivity contribution in [3.8, 4) is 11.1 Å². The third-order valence-electron chi connectivity index (χ3n) is 5.05. The first-order valence-corrected chi connectivity index (χ1v) is 11.0. The molecule has 0 saturated carbocycles. The Labute approximate surface area is 186 Å². The molecular formula is C22H27N7OS. The molecular weight excluding hydrogens is 410 g/mol. The van der Waals surface area contributed by atoms with Crippen LogP contribution in [0, 0.1) is 5.41 Å². The summed E-state index contributed by atoms with van der Waals surface area (Å²) in [6.45, 7) is 3.78. The Kier molecular flexibility index (Phi) is 7.94. The standard InChI is InChI=1S/C21H23N7S.CH4O/c1-29-28-9-7-27(8-10-28)20-12-19(25-14-26-20)21(23)17-11-15(4-5-18(17)22)16-3-2-6-24-13-16;1-2/h2-6,11-14,23H,7-10,22H2,1H3;2H,1H3. The number of piperazine rings is 1. The Bertz CT molecular complexity index is 1010. The molecule has 3 heterocycles. The van der Waals surface area contributed by atoms with Gasteiger partial charge in [-0.25, -0.2) is 14.3 Å². The molecule has 1 aliphatic rings. The van der Waals surface area contributed by atoms with E-state index in [2.05, 4.69) is 30.4 Å². The highest BCUT2D eigenvalue weighted by molar-refractivity contribution is 7.96. The summed E-state index contributed by atoms with van der Waals surface area (Å²) in [6.07, 6.45) is 7.17. The van der Waals surface area contributed by atoms with Crippen LogP contribution in [-0.4, -0.2) is 69.6 Å². The third kappa shape index (κ3) is 5.38. The maximum absolute atomic E-state index is 8.73. The summed E-state index contributed by atoms with van der Waals surface area (Å²) >= 11 is 1.77. The van der Waals surface area contributed by atoms with Crippen LogP contribution in [0.4, 0.5) is 11.5 Å². The van der Waals surface area contributed by atoms with E-state index in [4.69, 9.17) is 16.2 Å². The predicted molar refractivity (Wildman–Crippen MR) is 127 cm³/mol. The average Bonchev–Trinajstić information content (AvgIpc) is 2.86. The lowest BCUT2D eigenvalue weighted by Gasteiger charge is -2.34. The number of aromatic nitrogens is 3. The Morgan fingerprint density at radius 1 is 1.06 bits per heavy atom. The predicted octanol–water partition coefficient (Wildman–Crippen LogP) is 2.55. The van der Waals surface area contributed by atoms with Crippen molar-refractivity contribution in [2.75, 3.05) is 50.2 Å². The van der Waals surface area contributed by atoms with Crippen LogP contribution in [-0.2, 0) is 0 Å². The molecule has 1 aromatic carbocycles. The van der Waals surface area contributed by atoms with Gasteiger partial charge in [0.05, 0.1) is 11.4 Å². The molecule has 1 fully saturated rings. The molecule has 4 N–H and O–H groups in total. The third-order valence-corrected chi connectivity index (χ3v) is 5.93. The van der Waals surface area contributed by atoms with Crippen molar-refractivity contribution in [2.24, 2.45) is 0 Å². The number of nitrogens with two attached hydrogens (primary N) is 1. The van der Waals surface area contributed by atoms with Gasteiger partial charge in [-0.15, -0.1) is 0 Å². The number of rotatable bonds is 5. The molecule has 0 spiro atoms. The molecule has 1 saturated heterocycles. The van der Waals surface area contributed by atoms with E-state index in [0.717, 1.165) is 50.2 Å². The quantitative estimate of drug-likeness (QED) is 0.317. The SMILES string of the molecule is CO.CSN1CCN(c2cc(C(=N)c3cc(-c4cccnc4)ccc3N)ncn2)CC1. The second kappa shape index (κ2) is 10.9. The molecule has 9 heteroatoms. The van der Waals surface area contributed by atoms with E-state index in [9.17, 15) is 0 Å². The molecule has 0 unspecified atom stereocenters. The zero-order chi connectivity index (χ0) is 22.2. The number of anilines is 2. The maximum atomic E-state index is 8.73. The minimum atomic E-state index is 0.291. The van der Waals surface area contributed by atoms with Gasteiger partial charge in [0.1, 0.15) is 12.1 Å². The number of nitrogen functional groups attached to an aromatic ring is 1. The summed E-state index contributed by atoms with van der Waals surface area (Å²) in [4.78, 5) is 15.2. The summed E-state index contributed by atoms with van der Waals surface area (Å²) in [6, 6.07) is 11.5. The number of nitrogens with zero attached hydrogens (tertiary/aromatic N) is 5. The first-order chi connectivity index (χ1) is 15.2. The van der Waals surface area contributed by atoms with E-state index in [1.165, 1.54) is 6.33 Å². The molecule has 0 bridgehead atoms. The van der Waals surface area contributed by atoms with Crippen LogP contribution in [0.15, 0.2) is 55.1 Å². The van der Waals surface area contributed by atoms with Gasteiger partial charge in [0, 0.05) is 68.6 Å². The number of nitrogens with one attached hydrogen (secondary N) is 1. The molecule has 0 amide bonds. The second-order valence-corrected chi connectivity index (χ2v) is 7.66. The first-order valence-electron chi connectivity index (χ1n) is 9.85. The molecule has 0 atom stereocenters. The number of aliphatic hydroxyl groups is 1. The molecule has 0 radical (unpaired) electrons. The van der Waals surface area contributed by atoms with Crippen molar-refractivity contribution in [3.63, 3.8) is 0 Å². The van der Waals surface area contributed by atoms with E-state index in [0.29, 0.717) is 22.7 Å². The summed E-state index contributed by atoms with van der Waals surface area (Å²) < 4.78 is 2.34. The molecule has 4 rings (SSSR count). The molecule has 3 aromatic rings. The summed E-state index contributed by atoms with van der Waals surface area (Å²) in [5, 5.41) is 15.7. The second-order valence-electron chi connectivity index (χ2n) is 6.78. The molecule has 31 heavy (non-hydrogen) atoms. The van der Waals surface area contributed by atoms with Gasteiger partial charge in [-0.05, 0) is 30.0 Å². The van der Waals surface area contributed by atoms with Crippen LogP contribution >= 0.6 is 11.9 Å². The van der Waals surface area contributed by atoms with Crippen molar-refractivity contribution in [1.29, 1.82) is 5.41 Å². The molecule has 0 aliphatic carbocycles. The zero-order valence-electron chi connectivity index (χ0n) is 17.7. The Balaban J connectivity index is 0.00000132. The van der Waals surface area contributed by atoms with Gasteiger partial charge in [-0.2, -0.15) is 0 Å². The fourth-order valence-corrected chi connectivity index (χ4v) is 3.91. The summed E-state index contributed by atoms with van der Waals surface area (Å²) in [7, 11) is 1.00. The monoisotopic (exact) mass is 437 g/mol. The molecule has 1 aliphatic heterocycles. The van der Waals surface area contributed by atoms with Gasteiger partial charge >= 0.3 is 0 Å². The largest absolute Gasteiger partial charge is 0.400 e. The van der Waals surface area contributed by atoms with Gasteiger partial charge in [-0.3, -0.25) is 10.4 Å². The average molecular weight is 438 g/mol. The van der Waals surface area contributed by atoms with Crippen molar-refractivity contribution in [1.82, 2.24) is 19.3 Å². The Morgan fingerprint density at radius 3 is 2.52 bits per heavy atom. The van der Waals surface area contributed by atoms with Crippen molar-refractivity contribution < 1.29 is 5.11 Å².